The van der Waals surface area contributed by atoms with Gasteiger partial charge in [-0.2, -0.15) is 0 Å². The number of rotatable bonds is 1. The molecule has 1 heterocycles. The Bertz CT molecular complexity index is 108. The zero-order valence-electron chi connectivity index (χ0n) is 5.22. The molecular formula is C6H10NO2-. The minimum atomic E-state index is -0.915. The molecule has 1 aliphatic heterocycles. The van der Waals surface area contributed by atoms with Crippen LogP contribution in [-0.2, 0) is 4.79 Å². The van der Waals surface area contributed by atoms with Crippen LogP contribution in [0.25, 0.3) is 0 Å². The third-order valence-corrected chi connectivity index (χ3v) is 1.63. The smallest absolute Gasteiger partial charge is 0.0458 e. The van der Waals surface area contributed by atoms with Crippen LogP contribution in [0.3, 0.4) is 0 Å². The first-order valence-corrected chi connectivity index (χ1v) is 3.22. The van der Waals surface area contributed by atoms with Gasteiger partial charge in [-0.15, -0.1) is 0 Å². The molecule has 3 heteroatoms. The van der Waals surface area contributed by atoms with Gasteiger partial charge in [-0.05, 0) is 19.4 Å². The summed E-state index contributed by atoms with van der Waals surface area (Å²) in [6, 6.07) is 0. The lowest BCUT2D eigenvalue weighted by Crippen LogP contribution is -2.41. The molecule has 3 nitrogen and oxygen atoms in total. The van der Waals surface area contributed by atoms with E-state index in [0.29, 0.717) is 6.54 Å². The van der Waals surface area contributed by atoms with E-state index < -0.39 is 5.97 Å². The van der Waals surface area contributed by atoms with E-state index in [1.54, 1.807) is 0 Å². The number of nitrogens with one attached hydrogen (secondary N) is 1. The van der Waals surface area contributed by atoms with Gasteiger partial charge in [-0.3, -0.25) is 0 Å². The molecule has 1 atom stereocenters. The van der Waals surface area contributed by atoms with Gasteiger partial charge in [-0.25, -0.2) is 0 Å². The van der Waals surface area contributed by atoms with E-state index in [1.165, 1.54) is 0 Å². The molecule has 1 rings (SSSR count). The van der Waals surface area contributed by atoms with Gasteiger partial charge in [-0.1, -0.05) is 0 Å². The van der Waals surface area contributed by atoms with E-state index in [2.05, 4.69) is 5.32 Å². The summed E-state index contributed by atoms with van der Waals surface area (Å²) >= 11 is 0. The zero-order chi connectivity index (χ0) is 6.69. The molecule has 1 aliphatic rings. The van der Waals surface area contributed by atoms with Gasteiger partial charge in [0.25, 0.3) is 0 Å². The van der Waals surface area contributed by atoms with Gasteiger partial charge in [0.1, 0.15) is 0 Å². The Hall–Kier alpha value is -0.570. The lowest BCUT2D eigenvalue weighted by atomic mass is 10.0. The quantitative estimate of drug-likeness (QED) is 0.479. The van der Waals surface area contributed by atoms with Gasteiger partial charge in [0, 0.05) is 18.4 Å². The Morgan fingerprint density at radius 1 is 1.67 bits per heavy atom. The Balaban J connectivity index is 2.31. The second-order valence-electron chi connectivity index (χ2n) is 2.36. The van der Waals surface area contributed by atoms with Crippen molar-refractivity contribution in [3.8, 4) is 0 Å². The second-order valence-corrected chi connectivity index (χ2v) is 2.36. The lowest BCUT2D eigenvalue weighted by Gasteiger charge is -2.22. The fourth-order valence-electron chi connectivity index (χ4n) is 1.05. The molecule has 0 aromatic carbocycles. The van der Waals surface area contributed by atoms with Crippen LogP contribution in [0.5, 0.6) is 0 Å². The van der Waals surface area contributed by atoms with Crippen molar-refractivity contribution in [1.29, 1.82) is 0 Å². The zero-order valence-corrected chi connectivity index (χ0v) is 5.22. The monoisotopic (exact) mass is 128 g/mol. The summed E-state index contributed by atoms with van der Waals surface area (Å²) in [6.45, 7) is 1.53. The van der Waals surface area contributed by atoms with Crippen LogP contribution in [0.15, 0.2) is 0 Å². The highest BCUT2D eigenvalue weighted by molar-refractivity contribution is 5.67. The van der Waals surface area contributed by atoms with E-state index in [4.69, 9.17) is 0 Å². The summed E-state index contributed by atoms with van der Waals surface area (Å²) in [5, 5.41) is 13.2. The normalized spacial score (nSPS) is 27.8. The number of carboxylic acids is 1. The molecule has 0 aromatic rings. The largest absolute Gasteiger partial charge is 0.550 e. The fourth-order valence-corrected chi connectivity index (χ4v) is 1.05. The van der Waals surface area contributed by atoms with Crippen LogP contribution in [-0.4, -0.2) is 19.1 Å². The lowest BCUT2D eigenvalue weighted by molar-refractivity contribution is -0.311. The van der Waals surface area contributed by atoms with Crippen molar-refractivity contribution in [2.45, 2.75) is 12.8 Å². The molecule has 0 unspecified atom stereocenters. The fraction of sp³-hybridized carbons (Fsp3) is 0.833. The Morgan fingerprint density at radius 3 is 2.78 bits per heavy atom. The number of piperidine rings is 1. The predicted molar refractivity (Wildman–Crippen MR) is 30.6 cm³/mol. The van der Waals surface area contributed by atoms with Crippen molar-refractivity contribution >= 4 is 5.97 Å². The topological polar surface area (TPSA) is 52.2 Å². The van der Waals surface area contributed by atoms with Crippen molar-refractivity contribution in [3.05, 3.63) is 0 Å². The molecule has 0 saturated carbocycles. The second kappa shape index (κ2) is 2.82. The third kappa shape index (κ3) is 1.68. The van der Waals surface area contributed by atoms with Gasteiger partial charge in [0.15, 0.2) is 0 Å². The average Bonchev–Trinajstić information content (AvgIpc) is 1.90. The number of carboxylic acid groups (broad SMARTS) is 1. The molecule has 0 aliphatic carbocycles. The molecule has 1 saturated heterocycles. The Labute approximate surface area is 54.1 Å². The van der Waals surface area contributed by atoms with Crippen LogP contribution >= 0.6 is 0 Å². The van der Waals surface area contributed by atoms with Crippen molar-refractivity contribution in [1.82, 2.24) is 5.32 Å². The molecule has 1 fully saturated rings. The van der Waals surface area contributed by atoms with Crippen molar-refractivity contribution < 1.29 is 9.90 Å². The summed E-state index contributed by atoms with van der Waals surface area (Å²) in [5.41, 5.74) is 0. The SMILES string of the molecule is O=C([O-])[C@H]1CCCNC1. The van der Waals surface area contributed by atoms with E-state index in [9.17, 15) is 9.90 Å². The minimum absolute atomic E-state index is 0.251. The maximum atomic E-state index is 10.2. The molecule has 9 heavy (non-hydrogen) atoms. The van der Waals surface area contributed by atoms with Crippen molar-refractivity contribution in [2.75, 3.05) is 13.1 Å². The summed E-state index contributed by atoms with van der Waals surface area (Å²) in [6.07, 6.45) is 1.73. The number of carbonyl (C=O) groups excluding carboxylic acids is 1. The van der Waals surface area contributed by atoms with Crippen LogP contribution in [0, 0.1) is 5.92 Å². The molecule has 52 valence electrons. The Kier molecular flexibility index (Phi) is 2.05. The van der Waals surface area contributed by atoms with Gasteiger partial charge < -0.3 is 15.2 Å². The summed E-state index contributed by atoms with van der Waals surface area (Å²) in [5.74, 6) is -1.17. The predicted octanol–water partition coefficient (Wildman–Crippen LogP) is -1.26. The standard InChI is InChI=1S/C6H11NO2/c8-6(9)5-2-1-3-7-4-5/h5,7H,1-4H2,(H,8,9)/p-1/t5-/m0/s1. The minimum Gasteiger partial charge on any atom is -0.550 e. The highest BCUT2D eigenvalue weighted by Crippen LogP contribution is 2.07. The van der Waals surface area contributed by atoms with Crippen LogP contribution in [0.2, 0.25) is 0 Å². The van der Waals surface area contributed by atoms with Crippen LogP contribution in [0.4, 0.5) is 0 Å². The maximum Gasteiger partial charge on any atom is 0.0458 e. The average molecular weight is 128 g/mol. The summed E-state index contributed by atoms with van der Waals surface area (Å²) in [4.78, 5) is 10.2. The highest BCUT2D eigenvalue weighted by atomic mass is 16.4. The van der Waals surface area contributed by atoms with Crippen LogP contribution < -0.4 is 10.4 Å². The molecule has 0 radical (unpaired) electrons. The number of carbonyl (C=O) groups is 1. The first kappa shape index (κ1) is 6.55. The molecular weight excluding hydrogens is 118 g/mol. The highest BCUT2D eigenvalue weighted by Gasteiger charge is 2.12. The molecule has 0 amide bonds. The Morgan fingerprint density at radius 2 is 2.44 bits per heavy atom. The van der Waals surface area contributed by atoms with E-state index in [1.807, 2.05) is 0 Å². The van der Waals surface area contributed by atoms with Crippen molar-refractivity contribution in [3.63, 3.8) is 0 Å². The molecule has 0 spiro atoms. The van der Waals surface area contributed by atoms with Crippen molar-refractivity contribution in [2.24, 2.45) is 5.92 Å². The molecule has 0 bridgehead atoms. The van der Waals surface area contributed by atoms with E-state index in [-0.39, 0.29) is 5.92 Å². The number of aliphatic carboxylic acids is 1. The molecule has 1 N–H and O–H groups in total. The van der Waals surface area contributed by atoms with Gasteiger partial charge >= 0.3 is 0 Å². The van der Waals surface area contributed by atoms with Gasteiger partial charge in [0.2, 0.25) is 0 Å². The first-order chi connectivity index (χ1) is 4.30. The van der Waals surface area contributed by atoms with Gasteiger partial charge in [0.05, 0.1) is 0 Å². The molecule has 0 aromatic heterocycles. The number of hydrogen-bond acceptors (Lipinski definition) is 3. The van der Waals surface area contributed by atoms with E-state index >= 15 is 0 Å². The van der Waals surface area contributed by atoms with Crippen LogP contribution in [0.1, 0.15) is 12.8 Å². The summed E-state index contributed by atoms with van der Waals surface area (Å²) < 4.78 is 0. The first-order valence-electron chi connectivity index (χ1n) is 3.22. The third-order valence-electron chi connectivity index (χ3n) is 1.63. The number of hydrogen-bond donors (Lipinski definition) is 1. The summed E-state index contributed by atoms with van der Waals surface area (Å²) in [7, 11) is 0. The van der Waals surface area contributed by atoms with E-state index in [0.717, 1.165) is 19.4 Å². The maximum absolute atomic E-state index is 10.2.